The van der Waals surface area contributed by atoms with Crippen molar-refractivity contribution in [1.82, 2.24) is 15.3 Å². The van der Waals surface area contributed by atoms with Crippen LogP contribution in [0.5, 0.6) is 5.75 Å². The van der Waals surface area contributed by atoms with Gasteiger partial charge in [-0.15, -0.1) is 0 Å². The van der Waals surface area contributed by atoms with Crippen LogP contribution >= 0.6 is 0 Å². The molecule has 3 rings (SSSR count). The molecule has 0 atom stereocenters. The number of amides is 1. The Bertz CT molecular complexity index is 1120. The molecule has 7 nitrogen and oxygen atoms in total. The summed E-state index contributed by atoms with van der Waals surface area (Å²) in [5.41, 5.74) is 4.93. The number of aromatic nitrogens is 2. The number of hydrogen-bond acceptors (Lipinski definition) is 6. The van der Waals surface area contributed by atoms with Gasteiger partial charge in [0.25, 0.3) is 5.91 Å². The number of fused-ring (bicyclic) bond motifs is 1. The Labute approximate surface area is 176 Å². The third kappa shape index (κ3) is 4.79. The lowest BCUT2D eigenvalue weighted by atomic mass is 9.97. The highest BCUT2D eigenvalue weighted by Gasteiger charge is 2.33. The number of rotatable bonds is 5. The lowest BCUT2D eigenvalue weighted by molar-refractivity contribution is -0.140. The van der Waals surface area contributed by atoms with E-state index in [1.54, 1.807) is 6.07 Å². The van der Waals surface area contributed by atoms with E-state index in [1.165, 1.54) is 19.2 Å². The molecule has 0 saturated carbocycles. The number of hydrogen-bond donors (Lipinski definition) is 2. The maximum absolute atomic E-state index is 13.1. The molecule has 3 aromatic rings. The van der Waals surface area contributed by atoms with Crippen LogP contribution in [0.4, 0.5) is 13.2 Å². The van der Waals surface area contributed by atoms with Crippen molar-refractivity contribution in [1.29, 1.82) is 0 Å². The molecular formula is C21H23F3N4O3. The van der Waals surface area contributed by atoms with Gasteiger partial charge in [0.1, 0.15) is 17.0 Å². The van der Waals surface area contributed by atoms with E-state index in [-0.39, 0.29) is 40.6 Å². The van der Waals surface area contributed by atoms with Crippen molar-refractivity contribution in [2.24, 2.45) is 11.1 Å². The van der Waals surface area contributed by atoms with Gasteiger partial charge >= 0.3 is 6.18 Å². The molecule has 0 saturated heterocycles. The van der Waals surface area contributed by atoms with E-state index in [0.717, 1.165) is 6.07 Å². The quantitative estimate of drug-likeness (QED) is 0.623. The molecule has 1 amide bonds. The summed E-state index contributed by atoms with van der Waals surface area (Å²) >= 11 is 0. The number of alkyl halides is 3. The van der Waals surface area contributed by atoms with E-state index in [0.29, 0.717) is 17.5 Å². The normalized spacial score (nSPS) is 12.3. The van der Waals surface area contributed by atoms with Gasteiger partial charge in [0.05, 0.1) is 13.7 Å². The fraction of sp³-hybridized carbons (Fsp3) is 0.381. The number of oxazole rings is 1. The predicted octanol–water partition coefficient (Wildman–Crippen LogP) is 4.15. The van der Waals surface area contributed by atoms with Crippen LogP contribution in [0.3, 0.4) is 0 Å². The number of halogens is 3. The highest BCUT2D eigenvalue weighted by Crippen LogP contribution is 2.36. The zero-order valence-electron chi connectivity index (χ0n) is 17.6. The largest absolute Gasteiger partial charge is 0.494 e. The molecule has 0 radical (unpaired) electrons. The lowest BCUT2D eigenvalue weighted by Crippen LogP contribution is -2.33. The number of nitrogens with one attached hydrogen (secondary N) is 1. The maximum atomic E-state index is 13.1. The van der Waals surface area contributed by atoms with Crippen LogP contribution in [0, 0.1) is 5.41 Å². The summed E-state index contributed by atoms with van der Waals surface area (Å²) in [5.74, 6) is -0.0555. The molecule has 2 aromatic heterocycles. The van der Waals surface area contributed by atoms with Gasteiger partial charge in [-0.1, -0.05) is 20.8 Å². The second kappa shape index (κ2) is 8.18. The van der Waals surface area contributed by atoms with Crippen LogP contribution in [-0.2, 0) is 12.7 Å². The molecular weight excluding hydrogens is 413 g/mol. The van der Waals surface area contributed by atoms with E-state index in [2.05, 4.69) is 15.3 Å². The fourth-order valence-corrected chi connectivity index (χ4v) is 2.91. The first-order chi connectivity index (χ1) is 14.4. The van der Waals surface area contributed by atoms with Crippen LogP contribution in [0.15, 0.2) is 28.7 Å². The van der Waals surface area contributed by atoms with Gasteiger partial charge < -0.3 is 20.2 Å². The number of nitrogens with zero attached hydrogens (tertiary/aromatic N) is 2. The van der Waals surface area contributed by atoms with E-state index in [4.69, 9.17) is 14.9 Å². The summed E-state index contributed by atoms with van der Waals surface area (Å²) in [6.45, 7) is 6.24. The van der Waals surface area contributed by atoms with Gasteiger partial charge in [-0.05, 0) is 29.7 Å². The molecule has 0 unspecified atom stereocenters. The first-order valence-electron chi connectivity index (χ1n) is 9.48. The second-order valence-electron chi connectivity index (χ2n) is 8.14. The molecule has 0 aliphatic carbocycles. The van der Waals surface area contributed by atoms with Crippen molar-refractivity contribution in [2.45, 2.75) is 33.5 Å². The summed E-state index contributed by atoms with van der Waals surface area (Å²) in [7, 11) is 1.34. The number of ether oxygens (including phenoxy) is 1. The van der Waals surface area contributed by atoms with Gasteiger partial charge in [-0.2, -0.15) is 13.2 Å². The van der Waals surface area contributed by atoms with Crippen LogP contribution in [0.2, 0.25) is 0 Å². The van der Waals surface area contributed by atoms with Crippen LogP contribution in [0.1, 0.15) is 42.7 Å². The summed E-state index contributed by atoms with van der Waals surface area (Å²) in [6.07, 6.45) is -4.61. The highest BCUT2D eigenvalue weighted by molar-refractivity contribution is 5.98. The molecule has 10 heteroatoms. The van der Waals surface area contributed by atoms with Gasteiger partial charge in [-0.25, -0.2) is 9.97 Å². The Morgan fingerprint density at radius 2 is 1.87 bits per heavy atom. The van der Waals surface area contributed by atoms with Gasteiger partial charge in [0.2, 0.25) is 5.89 Å². The van der Waals surface area contributed by atoms with Crippen molar-refractivity contribution in [2.75, 3.05) is 13.7 Å². The van der Waals surface area contributed by atoms with Crippen molar-refractivity contribution >= 4 is 16.8 Å². The Balaban J connectivity index is 2.09. The Kier molecular flexibility index (Phi) is 5.95. The standard InChI is InChI=1S/C21H23F3N4O3/c1-20(2,3)10-26-18(29)17-14(9-25)31-19(28-17)12-5-7-13(30-4)16-11(12)6-8-15(27-16)21(22,23)24/h5-8H,9-10,25H2,1-4H3,(H,26,29). The molecule has 0 bridgehead atoms. The number of nitrogens with two attached hydrogens (primary N) is 1. The first-order valence-corrected chi connectivity index (χ1v) is 9.48. The Morgan fingerprint density at radius 1 is 1.16 bits per heavy atom. The van der Waals surface area contributed by atoms with Gasteiger partial charge in [0, 0.05) is 17.5 Å². The molecule has 0 aliphatic rings. The predicted molar refractivity (Wildman–Crippen MR) is 108 cm³/mol. The average Bonchev–Trinajstić information content (AvgIpc) is 3.13. The monoisotopic (exact) mass is 436 g/mol. The third-order valence-electron chi connectivity index (χ3n) is 4.44. The number of pyridine rings is 1. The van der Waals surface area contributed by atoms with Crippen molar-refractivity contribution < 1.29 is 27.1 Å². The third-order valence-corrected chi connectivity index (χ3v) is 4.44. The van der Waals surface area contributed by atoms with Gasteiger partial charge in [0.15, 0.2) is 11.5 Å². The molecule has 166 valence electrons. The van der Waals surface area contributed by atoms with Crippen LogP contribution < -0.4 is 15.8 Å². The SMILES string of the molecule is COc1ccc(-c2nc(C(=O)NCC(C)(C)C)c(CN)o2)c2ccc(C(F)(F)F)nc12. The van der Waals surface area contributed by atoms with Crippen molar-refractivity contribution in [3.63, 3.8) is 0 Å². The van der Waals surface area contributed by atoms with E-state index in [9.17, 15) is 18.0 Å². The molecule has 31 heavy (non-hydrogen) atoms. The number of carbonyl (C=O) groups excluding carboxylic acids is 1. The average molecular weight is 436 g/mol. The zero-order valence-corrected chi connectivity index (χ0v) is 17.6. The highest BCUT2D eigenvalue weighted by atomic mass is 19.4. The lowest BCUT2D eigenvalue weighted by Gasteiger charge is -2.18. The Morgan fingerprint density at radius 3 is 2.45 bits per heavy atom. The number of benzene rings is 1. The smallest absolute Gasteiger partial charge is 0.433 e. The van der Waals surface area contributed by atoms with Gasteiger partial charge in [-0.3, -0.25) is 4.79 Å². The molecule has 0 aliphatic heterocycles. The molecule has 0 fully saturated rings. The van der Waals surface area contributed by atoms with E-state index in [1.807, 2.05) is 20.8 Å². The maximum Gasteiger partial charge on any atom is 0.433 e. The molecule has 3 N–H and O–H groups in total. The topological polar surface area (TPSA) is 103 Å². The van der Waals surface area contributed by atoms with Crippen molar-refractivity contribution in [3.05, 3.63) is 41.4 Å². The summed E-state index contributed by atoms with van der Waals surface area (Å²) in [4.78, 5) is 20.6. The number of carbonyl (C=O) groups is 1. The molecule has 0 spiro atoms. The first kappa shape index (κ1) is 22.5. The molecule has 1 aromatic carbocycles. The minimum atomic E-state index is -4.61. The number of methoxy groups -OCH3 is 1. The Hall–Kier alpha value is -3.14. The van der Waals surface area contributed by atoms with E-state index < -0.39 is 17.8 Å². The molecule has 2 heterocycles. The minimum absolute atomic E-state index is 0.000979. The van der Waals surface area contributed by atoms with E-state index >= 15 is 0 Å². The fourth-order valence-electron chi connectivity index (χ4n) is 2.91. The summed E-state index contributed by atoms with van der Waals surface area (Å²) in [6, 6.07) is 5.19. The zero-order chi connectivity index (χ0) is 23.0. The van der Waals surface area contributed by atoms with Crippen LogP contribution in [-0.4, -0.2) is 29.5 Å². The van der Waals surface area contributed by atoms with Crippen LogP contribution in [0.25, 0.3) is 22.4 Å². The second-order valence-corrected chi connectivity index (χ2v) is 8.14. The minimum Gasteiger partial charge on any atom is -0.494 e. The summed E-state index contributed by atoms with van der Waals surface area (Å²) < 4.78 is 50.3. The van der Waals surface area contributed by atoms with Crippen molar-refractivity contribution in [3.8, 4) is 17.2 Å². The summed E-state index contributed by atoms with van der Waals surface area (Å²) in [5, 5.41) is 3.12.